The Balaban J connectivity index is 1.50. The van der Waals surface area contributed by atoms with Crippen molar-refractivity contribution in [2.45, 2.75) is 25.2 Å². The summed E-state index contributed by atoms with van der Waals surface area (Å²) < 4.78 is 28.0. The number of amides is 2. The molecule has 0 saturated carbocycles. The minimum absolute atomic E-state index is 0.0223. The van der Waals surface area contributed by atoms with Gasteiger partial charge in [-0.15, -0.1) is 0 Å². The Morgan fingerprint density at radius 3 is 2.51 bits per heavy atom. The number of rotatable bonds is 6. The number of hydrogen-bond donors (Lipinski definition) is 1. The molecule has 2 amide bonds. The van der Waals surface area contributed by atoms with Gasteiger partial charge in [0.25, 0.3) is 21.8 Å². The highest BCUT2D eigenvalue weighted by Crippen LogP contribution is 2.26. The van der Waals surface area contributed by atoms with Crippen molar-refractivity contribution in [1.82, 2.24) is 14.8 Å². The van der Waals surface area contributed by atoms with Gasteiger partial charge in [-0.2, -0.15) is 0 Å². The van der Waals surface area contributed by atoms with Crippen LogP contribution in [0.2, 0.25) is 5.02 Å². The number of H-pyrrole nitrogens is 1. The molecule has 0 atom stereocenters. The first kappa shape index (κ1) is 27.1. The molecule has 1 fully saturated rings. The first-order valence-corrected chi connectivity index (χ1v) is 14.5. The van der Waals surface area contributed by atoms with Crippen molar-refractivity contribution >= 4 is 44.7 Å². The zero-order valence-electron chi connectivity index (χ0n) is 22.3. The Hall–Kier alpha value is -3.47. The van der Waals surface area contributed by atoms with Crippen molar-refractivity contribution in [3.8, 4) is 0 Å². The molecule has 3 heterocycles. The number of aryl methyl sites for hydroxylation is 1. The molecular formula is C28H30ClN5O4S. The van der Waals surface area contributed by atoms with Crippen LogP contribution in [0.15, 0.2) is 52.4 Å². The largest absolute Gasteiger partial charge is 0.361 e. The smallest absolute Gasteiger partial charge is 0.274 e. The van der Waals surface area contributed by atoms with Crippen LogP contribution in [0.25, 0.3) is 5.57 Å². The fraction of sp³-hybridized carbons (Fsp3) is 0.321. The van der Waals surface area contributed by atoms with E-state index in [9.17, 15) is 18.0 Å². The fourth-order valence-corrected chi connectivity index (χ4v) is 6.50. The van der Waals surface area contributed by atoms with E-state index in [1.54, 1.807) is 30.3 Å². The highest BCUT2D eigenvalue weighted by Gasteiger charge is 2.28. The average molecular weight is 568 g/mol. The number of aromatic nitrogens is 1. The number of fused-ring (bicyclic) bond motifs is 1. The van der Waals surface area contributed by atoms with Crippen molar-refractivity contribution in [2.75, 3.05) is 44.6 Å². The summed E-state index contributed by atoms with van der Waals surface area (Å²) in [5.41, 5.74) is 3.69. The Morgan fingerprint density at radius 1 is 1.10 bits per heavy atom. The van der Waals surface area contributed by atoms with E-state index in [1.165, 1.54) is 19.2 Å². The van der Waals surface area contributed by atoms with Gasteiger partial charge in [0.05, 0.1) is 21.5 Å². The molecule has 0 aliphatic carbocycles. The third-order valence-corrected chi connectivity index (χ3v) is 9.52. The van der Waals surface area contributed by atoms with Crippen LogP contribution in [0.3, 0.4) is 0 Å². The number of carbonyl (C=O) groups excluding carboxylic acids is 2. The summed E-state index contributed by atoms with van der Waals surface area (Å²) in [6.45, 7) is 6.71. The zero-order valence-corrected chi connectivity index (χ0v) is 23.9. The fourth-order valence-electron chi connectivity index (χ4n) is 5.10. The van der Waals surface area contributed by atoms with E-state index in [2.05, 4.69) is 14.9 Å². The van der Waals surface area contributed by atoms with Gasteiger partial charge < -0.3 is 14.8 Å². The van der Waals surface area contributed by atoms with Crippen LogP contribution in [0.5, 0.6) is 0 Å². The summed E-state index contributed by atoms with van der Waals surface area (Å²) in [5, 5.41) is 1.32. The monoisotopic (exact) mass is 567 g/mol. The number of benzene rings is 2. The lowest BCUT2D eigenvalue weighted by atomic mass is 10.0. The number of hydrogen-bond acceptors (Lipinski definition) is 5. The van der Waals surface area contributed by atoms with E-state index in [0.717, 1.165) is 34.3 Å². The number of nitrogens with one attached hydrogen (secondary N) is 1. The third-order valence-electron chi connectivity index (χ3n) is 7.50. The average Bonchev–Trinajstić information content (AvgIpc) is 3.37. The highest BCUT2D eigenvalue weighted by molar-refractivity contribution is 7.92. The molecule has 1 aromatic heterocycles. The summed E-state index contributed by atoms with van der Waals surface area (Å²) in [7, 11) is -0.440. The van der Waals surface area contributed by atoms with Crippen LogP contribution in [0, 0.1) is 13.8 Å². The van der Waals surface area contributed by atoms with E-state index >= 15 is 0 Å². The number of sulfonamides is 1. The topological polar surface area (TPSA) is 106 Å². The second-order valence-electron chi connectivity index (χ2n) is 10.0. The maximum atomic E-state index is 13.4. The number of halogens is 1. The minimum atomic E-state index is -3.94. The van der Waals surface area contributed by atoms with E-state index in [0.29, 0.717) is 45.5 Å². The van der Waals surface area contributed by atoms with Gasteiger partial charge in [0, 0.05) is 66.8 Å². The molecular weight excluding hydrogens is 538 g/mol. The van der Waals surface area contributed by atoms with E-state index < -0.39 is 15.9 Å². The van der Waals surface area contributed by atoms with Crippen molar-refractivity contribution in [3.05, 3.63) is 80.6 Å². The molecule has 1 saturated heterocycles. The van der Waals surface area contributed by atoms with Crippen LogP contribution >= 0.6 is 11.6 Å². The van der Waals surface area contributed by atoms with Gasteiger partial charge in [-0.05, 0) is 62.9 Å². The summed E-state index contributed by atoms with van der Waals surface area (Å²) in [6, 6.07) is 11.1. The number of piperazine rings is 1. The first-order chi connectivity index (χ1) is 18.5. The molecule has 0 spiro atoms. The van der Waals surface area contributed by atoms with Gasteiger partial charge in [-0.3, -0.25) is 13.9 Å². The molecule has 3 aromatic rings. The van der Waals surface area contributed by atoms with Gasteiger partial charge in [0.1, 0.15) is 0 Å². The molecule has 2 aliphatic rings. The van der Waals surface area contributed by atoms with Crippen molar-refractivity contribution in [2.24, 2.45) is 4.99 Å². The molecule has 2 aliphatic heterocycles. The van der Waals surface area contributed by atoms with E-state index in [1.807, 2.05) is 25.8 Å². The Bertz CT molecular complexity index is 1720. The Kier molecular flexibility index (Phi) is 7.13. The van der Waals surface area contributed by atoms with Crippen LogP contribution < -0.4 is 14.9 Å². The number of aromatic amines is 1. The van der Waals surface area contributed by atoms with Crippen LogP contribution in [0.1, 0.15) is 27.3 Å². The Morgan fingerprint density at radius 2 is 1.82 bits per heavy atom. The number of anilines is 1. The molecule has 1 N–H and O–H groups in total. The van der Waals surface area contributed by atoms with Crippen LogP contribution in [-0.4, -0.2) is 75.3 Å². The van der Waals surface area contributed by atoms with E-state index in [-0.39, 0.29) is 17.2 Å². The quantitative estimate of drug-likeness (QED) is 0.491. The summed E-state index contributed by atoms with van der Waals surface area (Å²) >= 11 is 6.07. The molecule has 0 unspecified atom stereocenters. The Labute approximate surface area is 232 Å². The number of likely N-dealkylation sites (N-methyl/N-ethyl adjacent to an activating group) is 1. The lowest BCUT2D eigenvalue weighted by molar-refractivity contribution is -0.112. The molecule has 2 aromatic carbocycles. The second-order valence-corrected chi connectivity index (χ2v) is 12.4. The van der Waals surface area contributed by atoms with Crippen LogP contribution in [-0.2, 0) is 21.2 Å². The molecule has 5 rings (SSSR count). The van der Waals surface area contributed by atoms with Gasteiger partial charge >= 0.3 is 0 Å². The second kappa shape index (κ2) is 10.3. The summed E-state index contributed by atoms with van der Waals surface area (Å²) in [5.74, 6) is -0.438. The van der Waals surface area contributed by atoms with Gasteiger partial charge in [0.15, 0.2) is 0 Å². The lowest BCUT2D eigenvalue weighted by Gasteiger charge is -2.32. The maximum absolute atomic E-state index is 13.4. The SMILES string of the molecule is Cc1[nH]c(CC2=c3cc(S(=O)(=O)N(C)c4cccc(Cl)c4)ccc3=NC2=O)c(C)c1C(=O)N1CCN(C)CC1. The highest BCUT2D eigenvalue weighted by atomic mass is 35.5. The number of carbonyl (C=O) groups is 2. The standard InChI is InChI=1S/C28H30ClN5O4S/c1-17-25(30-18(2)26(17)28(36)34-12-10-32(3)11-13-34)16-23-22-15-21(8-9-24(22)31-27(23)35)39(37,38)33(4)20-7-5-6-19(29)14-20/h5-9,14-15,30H,10-13,16H2,1-4H3. The maximum Gasteiger partial charge on any atom is 0.274 e. The normalized spacial score (nSPS) is 15.9. The van der Waals surface area contributed by atoms with Crippen molar-refractivity contribution < 1.29 is 18.0 Å². The van der Waals surface area contributed by atoms with Gasteiger partial charge in [-0.1, -0.05) is 17.7 Å². The van der Waals surface area contributed by atoms with Crippen LogP contribution in [0.4, 0.5) is 5.69 Å². The van der Waals surface area contributed by atoms with E-state index in [4.69, 9.17) is 11.6 Å². The first-order valence-electron chi connectivity index (χ1n) is 12.6. The molecule has 0 radical (unpaired) electrons. The summed E-state index contributed by atoms with van der Waals surface area (Å²) in [6.07, 6.45) is 0.200. The lowest BCUT2D eigenvalue weighted by Crippen LogP contribution is -2.47. The predicted molar refractivity (Wildman–Crippen MR) is 150 cm³/mol. The van der Waals surface area contributed by atoms with Crippen molar-refractivity contribution in [1.29, 1.82) is 0 Å². The molecule has 0 bridgehead atoms. The zero-order chi connectivity index (χ0) is 28.1. The molecule has 11 heteroatoms. The number of nitrogens with zero attached hydrogens (tertiary/aromatic N) is 4. The van der Waals surface area contributed by atoms with Gasteiger partial charge in [0.2, 0.25) is 0 Å². The van der Waals surface area contributed by atoms with Crippen molar-refractivity contribution in [3.63, 3.8) is 0 Å². The summed E-state index contributed by atoms with van der Waals surface area (Å²) in [4.78, 5) is 37.8. The minimum Gasteiger partial charge on any atom is -0.361 e. The molecule has 9 nitrogen and oxygen atoms in total. The molecule has 39 heavy (non-hydrogen) atoms. The predicted octanol–water partition coefficient (Wildman–Crippen LogP) is 2.05. The van der Waals surface area contributed by atoms with Gasteiger partial charge in [-0.25, -0.2) is 13.4 Å². The molecule has 204 valence electrons. The third kappa shape index (κ3) is 4.99.